The Hall–Kier alpha value is -3.38. The molecule has 0 aliphatic carbocycles. The quantitative estimate of drug-likeness (QED) is 0.517. The highest BCUT2D eigenvalue weighted by Gasteiger charge is 2.20. The normalized spacial score (nSPS) is 14.0. The van der Waals surface area contributed by atoms with E-state index in [-0.39, 0.29) is 5.82 Å². The summed E-state index contributed by atoms with van der Waals surface area (Å²) in [5.41, 5.74) is 4.64. The molecule has 0 fully saturated rings. The lowest BCUT2D eigenvalue weighted by atomic mass is 10.1. The van der Waals surface area contributed by atoms with E-state index >= 15 is 0 Å². The SMILES string of the molecule is Fc1cccc(-c2cc(CN3CCc4nc(-c5ccccc5)ncc4C3)on2)c1. The predicted molar refractivity (Wildman–Crippen MR) is 107 cm³/mol. The van der Waals surface area contributed by atoms with Crippen LogP contribution in [0.5, 0.6) is 0 Å². The van der Waals surface area contributed by atoms with E-state index in [9.17, 15) is 4.39 Å². The summed E-state index contributed by atoms with van der Waals surface area (Å²) in [6.07, 6.45) is 2.79. The molecule has 0 radical (unpaired) electrons. The van der Waals surface area contributed by atoms with Gasteiger partial charge in [0.25, 0.3) is 0 Å². The molecule has 144 valence electrons. The number of hydrogen-bond donors (Lipinski definition) is 0. The average Bonchev–Trinajstić information content (AvgIpc) is 3.22. The number of benzene rings is 2. The molecular formula is C23H19FN4O. The molecule has 0 spiro atoms. The van der Waals surface area contributed by atoms with Gasteiger partial charge in [-0.15, -0.1) is 0 Å². The van der Waals surface area contributed by atoms with Crippen molar-refractivity contribution >= 4 is 0 Å². The lowest BCUT2D eigenvalue weighted by Gasteiger charge is -2.27. The molecule has 0 saturated carbocycles. The highest BCUT2D eigenvalue weighted by atomic mass is 19.1. The largest absolute Gasteiger partial charge is 0.359 e. The predicted octanol–water partition coefficient (Wildman–Crippen LogP) is 4.50. The van der Waals surface area contributed by atoms with E-state index in [1.165, 1.54) is 12.1 Å². The van der Waals surface area contributed by atoms with Crippen LogP contribution in [0.3, 0.4) is 0 Å². The molecule has 6 heteroatoms. The Bertz CT molecular complexity index is 1140. The highest BCUT2D eigenvalue weighted by molar-refractivity contribution is 5.58. The summed E-state index contributed by atoms with van der Waals surface area (Å²) in [7, 11) is 0. The Morgan fingerprint density at radius 3 is 2.72 bits per heavy atom. The molecule has 29 heavy (non-hydrogen) atoms. The molecule has 0 bridgehead atoms. The maximum Gasteiger partial charge on any atom is 0.159 e. The van der Waals surface area contributed by atoms with Gasteiger partial charge >= 0.3 is 0 Å². The Morgan fingerprint density at radius 1 is 1.00 bits per heavy atom. The molecule has 5 rings (SSSR count). The number of hydrogen-bond acceptors (Lipinski definition) is 5. The van der Waals surface area contributed by atoms with Crippen molar-refractivity contribution in [1.29, 1.82) is 0 Å². The minimum atomic E-state index is -0.283. The molecule has 5 nitrogen and oxygen atoms in total. The Kier molecular flexibility index (Phi) is 4.62. The van der Waals surface area contributed by atoms with Gasteiger partial charge in [-0.05, 0) is 12.1 Å². The number of nitrogens with zero attached hydrogens (tertiary/aromatic N) is 4. The summed E-state index contributed by atoms with van der Waals surface area (Å²) >= 11 is 0. The molecule has 0 saturated heterocycles. The zero-order valence-corrected chi connectivity index (χ0v) is 15.8. The number of aromatic nitrogens is 3. The summed E-state index contributed by atoms with van der Waals surface area (Å²) in [5.74, 6) is 1.25. The fraction of sp³-hybridized carbons (Fsp3) is 0.174. The minimum Gasteiger partial charge on any atom is -0.359 e. The summed E-state index contributed by atoms with van der Waals surface area (Å²) in [6, 6.07) is 18.3. The van der Waals surface area contributed by atoms with Crippen LogP contribution in [0.4, 0.5) is 4.39 Å². The van der Waals surface area contributed by atoms with Gasteiger partial charge in [0.2, 0.25) is 0 Å². The van der Waals surface area contributed by atoms with Gasteiger partial charge in [-0.25, -0.2) is 14.4 Å². The first kappa shape index (κ1) is 17.7. The van der Waals surface area contributed by atoms with Crippen LogP contribution in [-0.4, -0.2) is 26.6 Å². The van der Waals surface area contributed by atoms with E-state index in [1.54, 1.807) is 6.07 Å². The van der Waals surface area contributed by atoms with E-state index < -0.39 is 0 Å². The molecule has 0 N–H and O–H groups in total. The Morgan fingerprint density at radius 2 is 1.86 bits per heavy atom. The first-order valence-electron chi connectivity index (χ1n) is 9.59. The topological polar surface area (TPSA) is 55.1 Å². The van der Waals surface area contributed by atoms with Crippen LogP contribution < -0.4 is 0 Å². The van der Waals surface area contributed by atoms with Crippen molar-refractivity contribution in [3.63, 3.8) is 0 Å². The fourth-order valence-corrected chi connectivity index (χ4v) is 3.63. The van der Waals surface area contributed by atoms with Gasteiger partial charge in [0, 0.05) is 48.5 Å². The second-order valence-corrected chi connectivity index (χ2v) is 7.18. The number of halogens is 1. The molecule has 0 atom stereocenters. The Balaban J connectivity index is 1.29. The third-order valence-corrected chi connectivity index (χ3v) is 5.10. The van der Waals surface area contributed by atoms with Gasteiger partial charge in [-0.1, -0.05) is 47.6 Å². The first-order valence-corrected chi connectivity index (χ1v) is 9.59. The third-order valence-electron chi connectivity index (χ3n) is 5.10. The molecular weight excluding hydrogens is 367 g/mol. The fourth-order valence-electron chi connectivity index (χ4n) is 3.63. The van der Waals surface area contributed by atoms with E-state index in [4.69, 9.17) is 9.51 Å². The van der Waals surface area contributed by atoms with Crippen molar-refractivity contribution in [3.8, 4) is 22.6 Å². The van der Waals surface area contributed by atoms with Gasteiger partial charge in [0.1, 0.15) is 11.5 Å². The second kappa shape index (κ2) is 7.56. The van der Waals surface area contributed by atoms with Crippen LogP contribution in [0, 0.1) is 5.82 Å². The van der Waals surface area contributed by atoms with Gasteiger partial charge in [-0.2, -0.15) is 0 Å². The lowest BCUT2D eigenvalue weighted by molar-refractivity contribution is 0.213. The molecule has 3 heterocycles. The first-order chi connectivity index (χ1) is 14.2. The zero-order chi connectivity index (χ0) is 19.6. The van der Waals surface area contributed by atoms with Crippen LogP contribution in [0.1, 0.15) is 17.0 Å². The molecule has 0 amide bonds. The van der Waals surface area contributed by atoms with E-state index in [0.29, 0.717) is 17.8 Å². The number of rotatable bonds is 4. The Labute approximate surface area is 167 Å². The van der Waals surface area contributed by atoms with Crippen LogP contribution in [0.25, 0.3) is 22.6 Å². The van der Waals surface area contributed by atoms with Crippen molar-refractivity contribution in [1.82, 2.24) is 20.0 Å². The number of fused-ring (bicyclic) bond motifs is 1. The summed E-state index contributed by atoms with van der Waals surface area (Å²) < 4.78 is 18.9. The molecule has 2 aromatic carbocycles. The molecule has 1 aliphatic rings. The van der Waals surface area contributed by atoms with Crippen LogP contribution in [0.2, 0.25) is 0 Å². The summed E-state index contributed by atoms with van der Waals surface area (Å²) in [4.78, 5) is 11.6. The van der Waals surface area contributed by atoms with Crippen molar-refractivity contribution in [2.45, 2.75) is 19.5 Å². The molecule has 2 aromatic heterocycles. The van der Waals surface area contributed by atoms with Gasteiger partial charge in [0.05, 0.1) is 12.2 Å². The van der Waals surface area contributed by atoms with Crippen molar-refractivity contribution in [3.05, 3.63) is 89.7 Å². The van der Waals surface area contributed by atoms with Gasteiger partial charge in [0.15, 0.2) is 11.6 Å². The average molecular weight is 386 g/mol. The second-order valence-electron chi connectivity index (χ2n) is 7.18. The van der Waals surface area contributed by atoms with Gasteiger partial charge in [-0.3, -0.25) is 4.90 Å². The van der Waals surface area contributed by atoms with Gasteiger partial charge < -0.3 is 4.52 Å². The van der Waals surface area contributed by atoms with E-state index in [0.717, 1.165) is 47.9 Å². The lowest BCUT2D eigenvalue weighted by Crippen LogP contribution is -2.30. The zero-order valence-electron chi connectivity index (χ0n) is 15.8. The smallest absolute Gasteiger partial charge is 0.159 e. The maximum absolute atomic E-state index is 13.4. The highest BCUT2D eigenvalue weighted by Crippen LogP contribution is 2.24. The van der Waals surface area contributed by atoms with E-state index in [1.807, 2.05) is 48.7 Å². The summed E-state index contributed by atoms with van der Waals surface area (Å²) in [6.45, 7) is 2.29. The van der Waals surface area contributed by atoms with Crippen LogP contribution in [-0.2, 0) is 19.5 Å². The molecule has 4 aromatic rings. The monoisotopic (exact) mass is 386 g/mol. The summed E-state index contributed by atoms with van der Waals surface area (Å²) in [5, 5.41) is 4.09. The maximum atomic E-state index is 13.4. The van der Waals surface area contributed by atoms with Crippen LogP contribution >= 0.6 is 0 Å². The van der Waals surface area contributed by atoms with Crippen LogP contribution in [0.15, 0.2) is 71.4 Å². The molecule has 1 aliphatic heterocycles. The molecule has 0 unspecified atom stereocenters. The third kappa shape index (κ3) is 3.79. The van der Waals surface area contributed by atoms with Crippen molar-refractivity contribution in [2.75, 3.05) is 6.54 Å². The van der Waals surface area contributed by atoms with E-state index in [2.05, 4.69) is 15.0 Å². The van der Waals surface area contributed by atoms with Crippen molar-refractivity contribution < 1.29 is 8.91 Å². The van der Waals surface area contributed by atoms with Crippen molar-refractivity contribution in [2.24, 2.45) is 0 Å². The minimum absolute atomic E-state index is 0.283. The standard InChI is InChI=1S/C23H19FN4O/c24-19-8-4-7-17(11-19)22-12-20(29-27-22)15-28-10-9-21-18(14-28)13-25-23(26-21)16-5-2-1-3-6-16/h1-8,11-13H,9-10,14-15H2.